The van der Waals surface area contributed by atoms with E-state index in [1.807, 2.05) is 80.5 Å². The number of anilines is 1. The van der Waals surface area contributed by atoms with Crippen molar-refractivity contribution in [3.05, 3.63) is 88.8 Å². The second-order valence-electron chi connectivity index (χ2n) is 31.1. The van der Waals surface area contributed by atoms with Gasteiger partial charge in [-0.1, -0.05) is 40.7 Å². The standard InChI is InChI=1S/C62H90N13O14P.C10H12N5O3.Co/c1-29-20-39-40(21-30(29)2)75(28-70-39)57-52(84)53(41(27-76)87-57)89-90(85,86)88-31(3)26-69-49(83)18-19-59(8)37(22-46(66)80)56-62(11)61(10,25-48(68)82)36(14-17-45(65)79)51(74-62)33(5)55-60(9,24-47(67)81)34(12-15-43(63)77)38(71-55)23-42-58(6,7)35(13-16-44(64)78)50(72-42)32(4)54(59)73-56;1-4-6(16)7(17)10(18-4)15-3-14-5-8(11)12-2-13-9(5)15;/h20-21,23,28,31,34-37,41,52-53,56-57,76,84H,12-19,22,24-27H2,1-11H3,(H15,63,64,65,66,67,68,69,71,72,73,74,77,78,79,80,81,82,83,85,86);2-4,6-7,10,16-17H,1H2,(H2,11,12,13);/q;-1;+3/p-2. The van der Waals surface area contributed by atoms with Gasteiger partial charge in [0.25, 0.3) is 7.82 Å². The summed E-state index contributed by atoms with van der Waals surface area (Å²) in [6, 6.07) is 2.65. The van der Waals surface area contributed by atoms with Crippen LogP contribution in [-0.2, 0) is 73.4 Å². The van der Waals surface area contributed by atoms with E-state index in [2.05, 4.69) is 32.2 Å². The molecule has 10 heterocycles. The van der Waals surface area contributed by atoms with Gasteiger partial charge in [-0.05, 0) is 125 Å². The molecule has 35 nitrogen and oxygen atoms in total. The van der Waals surface area contributed by atoms with E-state index in [0.29, 0.717) is 67.6 Å². The monoisotopic (exact) mass is 1580 g/mol. The Morgan fingerprint density at radius 2 is 1.34 bits per heavy atom. The van der Waals surface area contributed by atoms with Crippen molar-refractivity contribution in [2.75, 3.05) is 18.9 Å². The first-order chi connectivity index (χ1) is 50.4. The fourth-order valence-electron chi connectivity index (χ4n) is 17.3. The number of hydrogen-bond acceptors (Lipinski definition) is 25. The van der Waals surface area contributed by atoms with Gasteiger partial charge in [0, 0.05) is 108 Å². The molecule has 7 amide bonds. The summed E-state index contributed by atoms with van der Waals surface area (Å²) in [4.78, 5) is 140. The topological polar surface area (TPSA) is 584 Å². The van der Waals surface area contributed by atoms with Gasteiger partial charge in [0.15, 0.2) is 23.9 Å². The Hall–Kier alpha value is -8.26. The molecular weight excluding hydrogens is 1480 g/mol. The van der Waals surface area contributed by atoms with Crippen molar-refractivity contribution in [3.63, 3.8) is 0 Å². The predicted molar refractivity (Wildman–Crippen MR) is 393 cm³/mol. The van der Waals surface area contributed by atoms with Crippen molar-refractivity contribution in [3.8, 4) is 0 Å². The number of amides is 7. The van der Waals surface area contributed by atoms with Gasteiger partial charge in [0.2, 0.25) is 41.4 Å². The fraction of sp³-hybridized carbons (Fsp3) is 0.597. The van der Waals surface area contributed by atoms with Gasteiger partial charge in [-0.2, -0.15) is 5.70 Å². The molecule has 109 heavy (non-hydrogen) atoms. The van der Waals surface area contributed by atoms with E-state index in [1.165, 1.54) is 35.0 Å². The first-order valence-corrected chi connectivity index (χ1v) is 37.3. The third kappa shape index (κ3) is 16.3. The number of aromatic nitrogens is 6. The number of aryl methyl sites for hydroxylation is 2. The minimum atomic E-state index is -5.32. The van der Waals surface area contributed by atoms with Crippen molar-refractivity contribution in [2.45, 2.75) is 214 Å². The quantitative estimate of drug-likeness (QED) is 0.0301. The minimum absolute atomic E-state index is 0. The maximum atomic E-state index is 14.4. The zero-order valence-corrected chi connectivity index (χ0v) is 64.8. The summed E-state index contributed by atoms with van der Waals surface area (Å²) in [7, 11) is -5.32. The molecule has 19 N–H and O–H groups in total. The second-order valence-corrected chi connectivity index (χ2v) is 32.4. The number of ether oxygens (including phenoxy) is 2. The molecule has 1 aromatic carbocycles. The summed E-state index contributed by atoms with van der Waals surface area (Å²) >= 11 is 0. The first-order valence-electron chi connectivity index (χ1n) is 35.9. The average Bonchev–Trinajstić information content (AvgIpc) is 1.53. The van der Waals surface area contributed by atoms with Crippen LogP contribution in [0.5, 0.6) is 0 Å². The first kappa shape index (κ1) is 84.8. The number of hydrogen-bond donors (Lipinski definition) is 12. The van der Waals surface area contributed by atoms with Crippen LogP contribution in [0.2, 0.25) is 0 Å². The molecule has 4 aromatic rings. The van der Waals surface area contributed by atoms with Crippen LogP contribution in [0.25, 0.3) is 27.5 Å². The minimum Gasteiger partial charge on any atom is -0.756 e. The number of carbonyl (C=O) groups excluding carboxylic acids is 7. The van der Waals surface area contributed by atoms with Crippen LogP contribution >= 0.6 is 7.82 Å². The number of allylic oxidation sites excluding steroid dienone is 6. The molecule has 19 atom stereocenters. The molecular formula is C72H100CoN18O17P. The molecule has 37 heteroatoms. The maximum Gasteiger partial charge on any atom is 3.00 e. The number of phosphoric ester groups is 1. The summed E-state index contributed by atoms with van der Waals surface area (Å²) < 4.78 is 38.8. The van der Waals surface area contributed by atoms with Crippen LogP contribution in [0.4, 0.5) is 5.82 Å². The van der Waals surface area contributed by atoms with Gasteiger partial charge in [0.05, 0.1) is 53.7 Å². The fourth-order valence-corrected chi connectivity index (χ4v) is 18.5. The Bertz CT molecular complexity index is 4520. The van der Waals surface area contributed by atoms with E-state index in [-0.39, 0.29) is 99.8 Å². The maximum absolute atomic E-state index is 14.4. The molecule has 0 aliphatic carbocycles. The Kier molecular flexibility index (Phi) is 25.0. The van der Waals surface area contributed by atoms with E-state index >= 15 is 0 Å². The van der Waals surface area contributed by atoms with E-state index < -0.39 is 168 Å². The number of aliphatic hydroxyl groups is 4. The number of nitrogens with one attached hydrogen (secondary N) is 1. The average molecular weight is 1580 g/mol. The molecule has 7 aliphatic rings. The summed E-state index contributed by atoms with van der Waals surface area (Å²) in [5.74, 6) is -7.16. The van der Waals surface area contributed by atoms with Crippen LogP contribution in [0.15, 0.2) is 80.4 Å². The smallest absolute Gasteiger partial charge is 0.756 e. The molecule has 8 bridgehead atoms. The Balaban J connectivity index is 0.000000623. The van der Waals surface area contributed by atoms with E-state index in [4.69, 9.17) is 79.0 Å². The van der Waals surface area contributed by atoms with Crippen molar-refractivity contribution < 1.29 is 98.7 Å². The number of imidazole rings is 2. The third-order valence-electron chi connectivity index (χ3n) is 23.5. The number of aliphatic imine (C=N–C) groups is 3. The second kappa shape index (κ2) is 32.2. The largest absolute Gasteiger partial charge is 3.00 e. The normalized spacial score (nSPS) is 33.6. The Morgan fingerprint density at radius 1 is 0.734 bits per heavy atom. The molecule has 594 valence electrons. The van der Waals surface area contributed by atoms with Crippen LogP contribution in [0.3, 0.4) is 0 Å². The molecule has 3 fully saturated rings. The van der Waals surface area contributed by atoms with E-state index in [1.54, 1.807) is 6.92 Å². The molecule has 11 rings (SSSR count). The van der Waals surface area contributed by atoms with Gasteiger partial charge < -0.3 is 106 Å². The van der Waals surface area contributed by atoms with Crippen molar-refractivity contribution >= 4 is 94.3 Å². The van der Waals surface area contributed by atoms with Crippen molar-refractivity contribution in [2.24, 2.45) is 94.7 Å². The van der Waals surface area contributed by atoms with Crippen molar-refractivity contribution in [1.82, 2.24) is 34.4 Å². The number of nitrogen functional groups attached to an aromatic ring is 1. The summed E-state index contributed by atoms with van der Waals surface area (Å²) in [6.07, 6.45) is -5.69. The summed E-state index contributed by atoms with van der Waals surface area (Å²) in [5, 5.41) is 49.6. The van der Waals surface area contributed by atoms with Gasteiger partial charge >= 0.3 is 16.8 Å². The van der Waals surface area contributed by atoms with Crippen molar-refractivity contribution in [1.29, 1.82) is 0 Å². The zero-order chi connectivity index (χ0) is 79.6. The Morgan fingerprint density at radius 3 is 1.94 bits per heavy atom. The van der Waals surface area contributed by atoms with Gasteiger partial charge in [-0.25, -0.2) is 19.9 Å². The summed E-state index contributed by atoms with van der Waals surface area (Å²) in [5.41, 5.74) is 43.2. The number of phosphoric acid groups is 1. The Labute approximate surface area is 640 Å². The van der Waals surface area contributed by atoms with Gasteiger partial charge in [0.1, 0.15) is 36.3 Å². The molecule has 0 radical (unpaired) electrons. The van der Waals surface area contributed by atoms with Crippen LogP contribution in [0, 0.1) is 66.1 Å². The molecule has 3 saturated heterocycles. The molecule has 0 saturated carbocycles. The molecule has 0 spiro atoms. The van der Waals surface area contributed by atoms with Crippen LogP contribution in [-0.4, -0.2) is 175 Å². The number of benzene rings is 1. The number of aliphatic hydroxyl groups excluding tert-OH is 4. The number of primary amides is 6. The van der Waals surface area contributed by atoms with Gasteiger partial charge in [-0.15, -0.1) is 0 Å². The van der Waals surface area contributed by atoms with E-state index in [9.17, 15) is 63.4 Å². The predicted octanol–water partition coefficient (Wildman–Crippen LogP) is 2.17. The molecule has 3 aromatic heterocycles. The third-order valence-corrected chi connectivity index (χ3v) is 24.6. The number of nitrogens with two attached hydrogens (primary N) is 7. The van der Waals surface area contributed by atoms with Gasteiger partial charge in [-0.3, -0.25) is 57.7 Å². The number of fused-ring (bicyclic) bond motifs is 8. The number of rotatable bonds is 27. The van der Waals surface area contributed by atoms with Crippen LogP contribution < -0.4 is 50.3 Å². The van der Waals surface area contributed by atoms with E-state index in [0.717, 1.165) is 11.1 Å². The number of nitrogens with zero attached hydrogens (tertiary/aromatic N) is 10. The molecule has 7 aliphatic heterocycles. The molecule has 19 unspecified atom stereocenters. The SMILES string of the molecule is C/C1=C2N=C(/C=C3N=C(/C(C)=C4\[N-]C(C(CC(N)=O)C4(C)CCC(=O)NCC(C)OP(=O)([O-])OC4C(CO)OC(n5cnc6cc(C)c(C)cc65)C4O)C4(C)N=C1C(CCC(N)=O)C4(C)CC(N)=O)C(CCC(N)=O)C\3(C)C)C(CCC(N)=O)C/2(C)CC(N)=O.[CH2-]C1OC(n2cnc3c(N)ncnc32)C(O)C1O.[Co+3]. The zero-order valence-electron chi connectivity index (χ0n) is 62.8. The van der Waals surface area contributed by atoms with Crippen LogP contribution in [0.1, 0.15) is 157 Å². The summed E-state index contributed by atoms with van der Waals surface area (Å²) in [6.45, 7) is 22.6. The number of carbonyl (C=O) groups is 7.